The van der Waals surface area contributed by atoms with Gasteiger partial charge in [-0.05, 0) is 48.4 Å². The van der Waals surface area contributed by atoms with E-state index in [1.807, 2.05) is 25.1 Å². The van der Waals surface area contributed by atoms with E-state index in [9.17, 15) is 9.90 Å². The first kappa shape index (κ1) is 16.4. The van der Waals surface area contributed by atoms with Gasteiger partial charge in [0.15, 0.2) is 18.1 Å². The molecule has 23 heavy (non-hydrogen) atoms. The summed E-state index contributed by atoms with van der Waals surface area (Å²) in [6.07, 6.45) is 1.42. The van der Waals surface area contributed by atoms with E-state index in [2.05, 4.69) is 10.5 Å². The molecule has 0 fully saturated rings. The molecule has 0 heterocycles. The minimum atomic E-state index is -0.375. The Kier molecular flexibility index (Phi) is 5.57. The average molecular weight is 314 g/mol. The summed E-state index contributed by atoms with van der Waals surface area (Å²) < 4.78 is 10.3. The first-order chi connectivity index (χ1) is 11.1. The van der Waals surface area contributed by atoms with E-state index in [0.717, 1.165) is 5.56 Å². The molecule has 0 aromatic heterocycles. The number of carbonyl (C=O) groups excluding carboxylic acids is 1. The fourth-order valence-corrected chi connectivity index (χ4v) is 1.85. The number of rotatable bonds is 6. The van der Waals surface area contributed by atoms with Gasteiger partial charge in [-0.1, -0.05) is 12.1 Å². The number of benzene rings is 2. The molecule has 120 valence electrons. The standard InChI is InChI=1S/C17H18N2O4/c1-12-4-3-5-14(8-12)23-11-17(21)19-18-10-13-6-7-16(22-2)15(20)9-13/h3-10,20H,11H2,1-2H3,(H,19,21)/b18-10-. The Morgan fingerprint density at radius 2 is 2.13 bits per heavy atom. The van der Waals surface area contributed by atoms with E-state index >= 15 is 0 Å². The third-order valence-corrected chi connectivity index (χ3v) is 2.97. The molecule has 0 aliphatic carbocycles. The van der Waals surface area contributed by atoms with Crippen molar-refractivity contribution in [3.8, 4) is 17.2 Å². The smallest absolute Gasteiger partial charge is 0.277 e. The summed E-state index contributed by atoms with van der Waals surface area (Å²) in [5.41, 5.74) is 4.04. The normalized spacial score (nSPS) is 10.5. The number of carbonyl (C=O) groups is 1. The van der Waals surface area contributed by atoms with Crippen molar-refractivity contribution in [3.63, 3.8) is 0 Å². The summed E-state index contributed by atoms with van der Waals surface area (Å²) in [6.45, 7) is 1.82. The lowest BCUT2D eigenvalue weighted by atomic mass is 10.2. The molecule has 2 aromatic rings. The van der Waals surface area contributed by atoms with Crippen LogP contribution in [0.1, 0.15) is 11.1 Å². The molecule has 2 aromatic carbocycles. The van der Waals surface area contributed by atoms with Crippen molar-refractivity contribution in [2.24, 2.45) is 5.10 Å². The number of amides is 1. The molecular weight excluding hydrogens is 296 g/mol. The number of phenolic OH excluding ortho intramolecular Hbond substituents is 1. The van der Waals surface area contributed by atoms with Crippen molar-refractivity contribution in [3.05, 3.63) is 53.6 Å². The monoisotopic (exact) mass is 314 g/mol. The molecule has 0 saturated heterocycles. The van der Waals surface area contributed by atoms with Gasteiger partial charge in [-0.15, -0.1) is 0 Å². The Morgan fingerprint density at radius 1 is 1.30 bits per heavy atom. The van der Waals surface area contributed by atoms with Crippen molar-refractivity contribution in [2.45, 2.75) is 6.92 Å². The third kappa shape index (κ3) is 5.03. The van der Waals surface area contributed by atoms with E-state index in [-0.39, 0.29) is 18.3 Å². The first-order valence-electron chi connectivity index (χ1n) is 6.97. The molecule has 0 aliphatic rings. The van der Waals surface area contributed by atoms with E-state index < -0.39 is 0 Å². The van der Waals surface area contributed by atoms with Crippen LogP contribution in [0.5, 0.6) is 17.2 Å². The van der Waals surface area contributed by atoms with E-state index in [4.69, 9.17) is 9.47 Å². The number of ether oxygens (including phenoxy) is 2. The van der Waals surface area contributed by atoms with Crippen LogP contribution >= 0.6 is 0 Å². The second-order valence-corrected chi connectivity index (χ2v) is 4.83. The van der Waals surface area contributed by atoms with Gasteiger partial charge in [0.25, 0.3) is 5.91 Å². The van der Waals surface area contributed by atoms with Gasteiger partial charge in [0.05, 0.1) is 13.3 Å². The number of hydrogen-bond donors (Lipinski definition) is 2. The molecular formula is C17H18N2O4. The molecule has 6 nitrogen and oxygen atoms in total. The summed E-state index contributed by atoms with van der Waals surface area (Å²) >= 11 is 0. The van der Waals surface area contributed by atoms with Crippen LogP contribution < -0.4 is 14.9 Å². The molecule has 1 amide bonds. The van der Waals surface area contributed by atoms with E-state index in [1.165, 1.54) is 19.4 Å². The van der Waals surface area contributed by atoms with Crippen LogP contribution in [0.3, 0.4) is 0 Å². The number of nitrogens with zero attached hydrogens (tertiary/aromatic N) is 1. The fourth-order valence-electron chi connectivity index (χ4n) is 1.85. The number of hydrogen-bond acceptors (Lipinski definition) is 5. The zero-order valence-electron chi connectivity index (χ0n) is 12.9. The number of phenols is 1. The molecule has 0 saturated carbocycles. The molecule has 0 radical (unpaired) electrons. The molecule has 2 rings (SSSR count). The first-order valence-corrected chi connectivity index (χ1v) is 6.97. The van der Waals surface area contributed by atoms with Crippen molar-refractivity contribution < 1.29 is 19.4 Å². The number of hydrazone groups is 1. The second-order valence-electron chi connectivity index (χ2n) is 4.83. The fraction of sp³-hybridized carbons (Fsp3) is 0.176. The van der Waals surface area contributed by atoms with Crippen molar-refractivity contribution in [1.29, 1.82) is 0 Å². The molecule has 0 unspecified atom stereocenters. The lowest BCUT2D eigenvalue weighted by Crippen LogP contribution is -2.24. The summed E-state index contributed by atoms with van der Waals surface area (Å²) in [7, 11) is 1.47. The highest BCUT2D eigenvalue weighted by atomic mass is 16.5. The third-order valence-electron chi connectivity index (χ3n) is 2.97. The highest BCUT2D eigenvalue weighted by molar-refractivity contribution is 5.83. The minimum Gasteiger partial charge on any atom is -0.504 e. The van der Waals surface area contributed by atoms with Crippen LogP contribution in [-0.4, -0.2) is 30.9 Å². The zero-order chi connectivity index (χ0) is 16.7. The van der Waals surface area contributed by atoms with Gasteiger partial charge in [0.1, 0.15) is 5.75 Å². The maximum absolute atomic E-state index is 11.6. The van der Waals surface area contributed by atoms with Gasteiger partial charge in [0, 0.05) is 0 Å². The Hall–Kier alpha value is -3.02. The summed E-state index contributed by atoms with van der Waals surface area (Å²) in [6, 6.07) is 12.2. The molecule has 2 N–H and O–H groups in total. The molecule has 0 aliphatic heterocycles. The minimum absolute atomic E-state index is 0.00515. The predicted molar refractivity (Wildman–Crippen MR) is 87.1 cm³/mol. The van der Waals surface area contributed by atoms with Crippen LogP contribution in [-0.2, 0) is 4.79 Å². The van der Waals surface area contributed by atoms with Crippen LogP contribution in [0, 0.1) is 6.92 Å². The Bertz CT molecular complexity index is 713. The molecule has 0 spiro atoms. The van der Waals surface area contributed by atoms with Gasteiger partial charge in [-0.2, -0.15) is 5.10 Å². The lowest BCUT2D eigenvalue weighted by Gasteiger charge is -2.05. The topological polar surface area (TPSA) is 80.2 Å². The van der Waals surface area contributed by atoms with Gasteiger partial charge in [-0.25, -0.2) is 5.43 Å². The number of aromatic hydroxyl groups is 1. The van der Waals surface area contributed by atoms with Crippen LogP contribution in [0.2, 0.25) is 0 Å². The number of methoxy groups -OCH3 is 1. The SMILES string of the molecule is COc1ccc(/C=N\NC(=O)COc2cccc(C)c2)cc1O. The van der Waals surface area contributed by atoms with E-state index in [0.29, 0.717) is 17.1 Å². The number of nitrogens with one attached hydrogen (secondary N) is 1. The summed E-state index contributed by atoms with van der Waals surface area (Å²) in [4.78, 5) is 11.6. The van der Waals surface area contributed by atoms with Crippen LogP contribution in [0.15, 0.2) is 47.6 Å². The van der Waals surface area contributed by atoms with Crippen molar-refractivity contribution >= 4 is 12.1 Å². The molecule has 0 bridgehead atoms. The second kappa shape index (κ2) is 7.84. The Labute approximate surface area is 134 Å². The Morgan fingerprint density at radius 3 is 2.83 bits per heavy atom. The van der Waals surface area contributed by atoms with Gasteiger partial charge in [-0.3, -0.25) is 4.79 Å². The zero-order valence-corrected chi connectivity index (χ0v) is 12.9. The Balaban J connectivity index is 1.83. The van der Waals surface area contributed by atoms with Crippen LogP contribution in [0.25, 0.3) is 0 Å². The van der Waals surface area contributed by atoms with Crippen molar-refractivity contribution in [2.75, 3.05) is 13.7 Å². The average Bonchev–Trinajstić information content (AvgIpc) is 2.53. The summed E-state index contributed by atoms with van der Waals surface area (Å²) in [5, 5.41) is 13.5. The highest BCUT2D eigenvalue weighted by Crippen LogP contribution is 2.25. The predicted octanol–water partition coefficient (Wildman–Crippen LogP) is 2.24. The quantitative estimate of drug-likeness (QED) is 0.633. The lowest BCUT2D eigenvalue weighted by molar-refractivity contribution is -0.123. The molecule has 0 atom stereocenters. The maximum Gasteiger partial charge on any atom is 0.277 e. The van der Waals surface area contributed by atoms with E-state index in [1.54, 1.807) is 18.2 Å². The van der Waals surface area contributed by atoms with Gasteiger partial charge >= 0.3 is 0 Å². The largest absolute Gasteiger partial charge is 0.504 e. The van der Waals surface area contributed by atoms with Crippen LogP contribution in [0.4, 0.5) is 0 Å². The molecule has 6 heteroatoms. The highest BCUT2D eigenvalue weighted by Gasteiger charge is 2.03. The van der Waals surface area contributed by atoms with Gasteiger partial charge in [0.2, 0.25) is 0 Å². The maximum atomic E-state index is 11.6. The van der Waals surface area contributed by atoms with Gasteiger partial charge < -0.3 is 14.6 Å². The number of aryl methyl sites for hydroxylation is 1. The van der Waals surface area contributed by atoms with Crippen molar-refractivity contribution in [1.82, 2.24) is 5.43 Å². The summed E-state index contributed by atoms with van der Waals surface area (Å²) in [5.74, 6) is 0.632.